The summed E-state index contributed by atoms with van der Waals surface area (Å²) >= 11 is 2.87. The first-order chi connectivity index (χ1) is 13.5. The van der Waals surface area contributed by atoms with Crippen LogP contribution in [0.5, 0.6) is 5.75 Å². The highest BCUT2D eigenvalue weighted by molar-refractivity contribution is 8.01. The number of hydrogen-bond acceptors (Lipinski definition) is 8. The van der Waals surface area contributed by atoms with Crippen molar-refractivity contribution in [3.63, 3.8) is 0 Å². The van der Waals surface area contributed by atoms with E-state index in [-0.39, 0.29) is 12.4 Å². The van der Waals surface area contributed by atoms with E-state index in [1.165, 1.54) is 30.0 Å². The Bertz CT molecular complexity index is 946. The minimum Gasteiger partial charge on any atom is -0.491 e. The van der Waals surface area contributed by atoms with Gasteiger partial charge in [0.1, 0.15) is 12.4 Å². The molecular weight excluding hydrogens is 394 g/mol. The highest BCUT2D eigenvalue weighted by atomic mass is 32.2. The zero-order chi connectivity index (χ0) is 19.9. The Balaban J connectivity index is 1.47. The lowest BCUT2D eigenvalue weighted by Gasteiger charge is -2.11. The van der Waals surface area contributed by atoms with Crippen LogP contribution >= 0.6 is 23.1 Å². The van der Waals surface area contributed by atoms with Gasteiger partial charge in [-0.2, -0.15) is 0 Å². The van der Waals surface area contributed by atoms with E-state index in [2.05, 4.69) is 15.5 Å². The molecule has 0 saturated heterocycles. The molecule has 0 unspecified atom stereocenters. The van der Waals surface area contributed by atoms with Gasteiger partial charge in [0.25, 0.3) is 0 Å². The lowest BCUT2D eigenvalue weighted by Crippen LogP contribution is -2.20. The fraction of sp³-hybridized carbons (Fsp3) is 0.250. The minimum absolute atomic E-state index is 0.0204. The molecule has 0 saturated carbocycles. The van der Waals surface area contributed by atoms with Gasteiger partial charge in [-0.15, -0.1) is 10.2 Å². The normalized spacial score (nSPS) is 11.8. The number of thioether (sulfide) groups is 1. The average molecular weight is 416 g/mol. The van der Waals surface area contributed by atoms with E-state index in [1.54, 1.807) is 24.3 Å². The van der Waals surface area contributed by atoms with Gasteiger partial charge in [0.15, 0.2) is 10.1 Å². The second-order valence-corrected chi connectivity index (χ2v) is 8.42. The summed E-state index contributed by atoms with van der Waals surface area (Å²) in [4.78, 5) is 11.4. The number of rotatable bonds is 9. The Kier molecular flexibility index (Phi) is 7.02. The number of aliphatic hydroxyl groups is 1. The zero-order valence-electron chi connectivity index (χ0n) is 15.6. The van der Waals surface area contributed by atoms with Crippen molar-refractivity contribution >= 4 is 39.7 Å². The first-order valence-corrected chi connectivity index (χ1v) is 10.5. The van der Waals surface area contributed by atoms with Gasteiger partial charge >= 0.3 is 0 Å². The standard InChI is InChI=1S/C20H21N3O3S2/c1-13-6-3-4-9-18(13)21-19-22-23-20(28-19)27-12-16(25)11-26-17-8-5-7-15(10-17)14(2)24/h3-10,16,25H,11-12H2,1-2H3,(H,21,22)/t16-/m1/s1. The van der Waals surface area contributed by atoms with Crippen LogP contribution in [0.25, 0.3) is 0 Å². The maximum Gasteiger partial charge on any atom is 0.210 e. The predicted octanol–water partition coefficient (Wildman–Crippen LogP) is 4.32. The Morgan fingerprint density at radius 1 is 1.25 bits per heavy atom. The summed E-state index contributed by atoms with van der Waals surface area (Å²) in [6.45, 7) is 3.68. The Morgan fingerprint density at radius 2 is 2.07 bits per heavy atom. The molecule has 0 aliphatic carbocycles. The molecule has 2 aromatic carbocycles. The molecule has 1 aromatic heterocycles. The number of carbonyl (C=O) groups is 1. The summed E-state index contributed by atoms with van der Waals surface area (Å²) in [5.41, 5.74) is 2.72. The predicted molar refractivity (Wildman–Crippen MR) is 113 cm³/mol. The lowest BCUT2D eigenvalue weighted by atomic mass is 10.1. The van der Waals surface area contributed by atoms with Gasteiger partial charge in [0, 0.05) is 17.0 Å². The number of nitrogens with one attached hydrogen (secondary N) is 1. The Labute approximate surface area is 172 Å². The lowest BCUT2D eigenvalue weighted by molar-refractivity contribution is 0.101. The molecule has 3 aromatic rings. The van der Waals surface area contributed by atoms with Crippen LogP contribution < -0.4 is 10.1 Å². The van der Waals surface area contributed by atoms with Gasteiger partial charge in [0.2, 0.25) is 5.13 Å². The zero-order valence-corrected chi connectivity index (χ0v) is 17.2. The quantitative estimate of drug-likeness (QED) is 0.398. The first kappa shape index (κ1) is 20.3. The van der Waals surface area contributed by atoms with Crippen LogP contribution in [0.3, 0.4) is 0 Å². The van der Waals surface area contributed by atoms with Gasteiger partial charge in [-0.1, -0.05) is 53.4 Å². The van der Waals surface area contributed by atoms with Crippen LogP contribution in [-0.4, -0.2) is 39.6 Å². The van der Waals surface area contributed by atoms with E-state index in [1.807, 2.05) is 31.2 Å². The van der Waals surface area contributed by atoms with Crippen molar-refractivity contribution in [1.29, 1.82) is 0 Å². The fourth-order valence-corrected chi connectivity index (χ4v) is 4.06. The summed E-state index contributed by atoms with van der Waals surface area (Å²) in [6.07, 6.45) is -0.664. The number of hydrogen-bond donors (Lipinski definition) is 2. The van der Waals surface area contributed by atoms with Crippen LogP contribution in [0.1, 0.15) is 22.8 Å². The molecule has 1 atom stereocenters. The number of aryl methyl sites for hydroxylation is 1. The molecular formula is C20H21N3O3S2. The van der Waals surface area contributed by atoms with Gasteiger partial charge in [-0.3, -0.25) is 4.79 Å². The van der Waals surface area contributed by atoms with Crippen molar-refractivity contribution in [3.05, 3.63) is 59.7 Å². The number of aliphatic hydroxyl groups excluding tert-OH is 1. The SMILES string of the molecule is CC(=O)c1cccc(OC[C@@H](O)CSc2nnc(Nc3ccccc3C)s2)c1. The molecule has 28 heavy (non-hydrogen) atoms. The molecule has 1 heterocycles. The van der Waals surface area contributed by atoms with E-state index >= 15 is 0 Å². The number of ketones is 1. The van der Waals surface area contributed by atoms with Crippen molar-refractivity contribution < 1.29 is 14.6 Å². The first-order valence-electron chi connectivity index (χ1n) is 8.72. The highest BCUT2D eigenvalue weighted by Gasteiger charge is 2.11. The van der Waals surface area contributed by atoms with Crippen LogP contribution in [0.4, 0.5) is 10.8 Å². The van der Waals surface area contributed by atoms with Crippen molar-refractivity contribution in [2.75, 3.05) is 17.7 Å². The third-order valence-electron chi connectivity index (χ3n) is 3.88. The van der Waals surface area contributed by atoms with Crippen LogP contribution in [0.2, 0.25) is 0 Å². The summed E-state index contributed by atoms with van der Waals surface area (Å²) in [5, 5.41) is 22.4. The molecule has 3 rings (SSSR count). The molecule has 146 valence electrons. The summed E-state index contributed by atoms with van der Waals surface area (Å²) in [6, 6.07) is 14.9. The molecule has 2 N–H and O–H groups in total. The number of anilines is 2. The van der Waals surface area contributed by atoms with Gasteiger partial charge in [-0.05, 0) is 37.6 Å². The third kappa shape index (κ3) is 5.79. The van der Waals surface area contributed by atoms with Crippen LogP contribution in [0.15, 0.2) is 52.9 Å². The number of Topliss-reactive ketones (excluding diaryl/α,β-unsaturated/α-hetero) is 1. The van der Waals surface area contributed by atoms with Gasteiger partial charge < -0.3 is 15.2 Å². The van der Waals surface area contributed by atoms with E-state index in [0.717, 1.165) is 15.6 Å². The molecule has 8 heteroatoms. The Morgan fingerprint density at radius 3 is 2.86 bits per heavy atom. The van der Waals surface area contributed by atoms with Crippen LogP contribution in [0, 0.1) is 6.92 Å². The maximum absolute atomic E-state index is 11.4. The van der Waals surface area contributed by atoms with E-state index < -0.39 is 6.10 Å². The number of carbonyl (C=O) groups excluding carboxylic acids is 1. The third-order valence-corrected chi connectivity index (χ3v) is 5.99. The van der Waals surface area contributed by atoms with E-state index in [9.17, 15) is 9.90 Å². The summed E-state index contributed by atoms with van der Waals surface area (Å²) < 4.78 is 6.36. The summed E-state index contributed by atoms with van der Waals surface area (Å²) in [5.74, 6) is 0.982. The molecule has 0 aliphatic rings. The average Bonchev–Trinajstić information content (AvgIpc) is 3.14. The van der Waals surface area contributed by atoms with Crippen LogP contribution in [-0.2, 0) is 0 Å². The molecule has 6 nitrogen and oxygen atoms in total. The smallest absolute Gasteiger partial charge is 0.210 e. The maximum atomic E-state index is 11.4. The monoisotopic (exact) mass is 415 g/mol. The molecule has 0 fully saturated rings. The molecule has 0 radical (unpaired) electrons. The number of ether oxygens (including phenoxy) is 1. The van der Waals surface area contributed by atoms with Gasteiger partial charge in [-0.25, -0.2) is 0 Å². The number of nitrogens with zero attached hydrogens (tertiary/aromatic N) is 2. The highest BCUT2D eigenvalue weighted by Crippen LogP contribution is 2.29. The topological polar surface area (TPSA) is 84.3 Å². The second-order valence-electron chi connectivity index (χ2n) is 6.17. The largest absolute Gasteiger partial charge is 0.491 e. The molecule has 0 aliphatic heterocycles. The Hall–Kier alpha value is -2.42. The summed E-state index contributed by atoms with van der Waals surface area (Å²) in [7, 11) is 0. The number of benzene rings is 2. The van der Waals surface area contributed by atoms with Crippen molar-refractivity contribution in [2.45, 2.75) is 24.3 Å². The van der Waals surface area contributed by atoms with Crippen molar-refractivity contribution in [3.8, 4) is 5.75 Å². The molecule has 0 spiro atoms. The van der Waals surface area contributed by atoms with Crippen molar-refractivity contribution in [2.24, 2.45) is 0 Å². The van der Waals surface area contributed by atoms with E-state index in [0.29, 0.717) is 22.2 Å². The molecule has 0 amide bonds. The van der Waals surface area contributed by atoms with Crippen molar-refractivity contribution in [1.82, 2.24) is 10.2 Å². The van der Waals surface area contributed by atoms with Gasteiger partial charge in [0.05, 0.1) is 6.10 Å². The number of aromatic nitrogens is 2. The minimum atomic E-state index is -0.664. The fourth-order valence-electron chi connectivity index (χ4n) is 2.36. The van der Waals surface area contributed by atoms with E-state index in [4.69, 9.17) is 4.74 Å². The molecule has 0 bridgehead atoms. The number of para-hydroxylation sites is 1. The second kappa shape index (κ2) is 9.68.